The molecular formula is C20H21ClN2O4S. The number of carboxylic acids is 1. The highest BCUT2D eigenvalue weighted by molar-refractivity contribution is 7.13. The van der Waals surface area contributed by atoms with E-state index in [9.17, 15) is 19.8 Å². The minimum absolute atomic E-state index is 0.0910. The first-order chi connectivity index (χ1) is 13.3. The van der Waals surface area contributed by atoms with Gasteiger partial charge in [0.05, 0.1) is 16.3 Å². The Morgan fingerprint density at radius 1 is 1.32 bits per heavy atom. The first-order valence-electron chi connectivity index (χ1n) is 9.04. The van der Waals surface area contributed by atoms with Crippen molar-refractivity contribution >= 4 is 34.8 Å². The molecule has 8 heteroatoms. The van der Waals surface area contributed by atoms with Crippen LogP contribution >= 0.6 is 22.9 Å². The van der Waals surface area contributed by atoms with Gasteiger partial charge in [0.25, 0.3) is 0 Å². The zero-order chi connectivity index (χ0) is 20.3. The minimum Gasteiger partial charge on any atom is -0.508 e. The van der Waals surface area contributed by atoms with Crippen molar-refractivity contribution in [3.63, 3.8) is 0 Å². The van der Waals surface area contributed by atoms with Crippen LogP contribution in [0.25, 0.3) is 10.6 Å². The molecule has 1 aromatic heterocycles. The summed E-state index contributed by atoms with van der Waals surface area (Å²) in [4.78, 5) is 28.3. The van der Waals surface area contributed by atoms with Crippen LogP contribution in [0.5, 0.6) is 5.75 Å². The number of carbonyl (C=O) groups excluding carboxylic acids is 1. The van der Waals surface area contributed by atoms with Crippen molar-refractivity contribution < 1.29 is 19.8 Å². The van der Waals surface area contributed by atoms with E-state index in [-0.39, 0.29) is 24.0 Å². The van der Waals surface area contributed by atoms with Gasteiger partial charge in [-0.2, -0.15) is 0 Å². The number of hydrogen-bond donors (Lipinski definition) is 3. The molecule has 0 aliphatic heterocycles. The van der Waals surface area contributed by atoms with Gasteiger partial charge < -0.3 is 15.5 Å². The van der Waals surface area contributed by atoms with Gasteiger partial charge in [-0.25, -0.2) is 9.78 Å². The lowest BCUT2D eigenvalue weighted by Gasteiger charge is -2.19. The van der Waals surface area contributed by atoms with E-state index >= 15 is 0 Å². The fourth-order valence-electron chi connectivity index (χ4n) is 3.19. The zero-order valence-electron chi connectivity index (χ0n) is 15.4. The molecule has 2 aromatic rings. The second-order valence-electron chi connectivity index (χ2n) is 6.86. The van der Waals surface area contributed by atoms with Crippen LogP contribution in [-0.4, -0.2) is 27.1 Å². The summed E-state index contributed by atoms with van der Waals surface area (Å²) in [6.45, 7) is 1.91. The van der Waals surface area contributed by atoms with Crippen molar-refractivity contribution in [1.82, 2.24) is 10.3 Å². The summed E-state index contributed by atoms with van der Waals surface area (Å²) >= 11 is 7.60. The monoisotopic (exact) mass is 420 g/mol. The number of nitrogens with one attached hydrogen (secondary N) is 1. The molecule has 0 radical (unpaired) electrons. The maximum atomic E-state index is 12.4. The van der Waals surface area contributed by atoms with E-state index < -0.39 is 5.97 Å². The number of carbonyl (C=O) groups is 2. The topological polar surface area (TPSA) is 99.5 Å². The molecule has 28 heavy (non-hydrogen) atoms. The lowest BCUT2D eigenvalue weighted by molar-refractivity contribution is -0.133. The van der Waals surface area contributed by atoms with Crippen LogP contribution in [0.2, 0.25) is 5.02 Å². The number of rotatable bonds is 6. The molecule has 3 N–H and O–H groups in total. The fourth-order valence-corrected chi connectivity index (χ4v) is 4.50. The second-order valence-corrected chi connectivity index (χ2v) is 8.13. The van der Waals surface area contributed by atoms with Crippen LogP contribution in [-0.2, 0) is 9.59 Å². The number of allylic oxidation sites excluding steroid dienone is 1. The van der Waals surface area contributed by atoms with Gasteiger partial charge in [0.15, 0.2) is 0 Å². The van der Waals surface area contributed by atoms with Crippen molar-refractivity contribution in [1.29, 1.82) is 0 Å². The summed E-state index contributed by atoms with van der Waals surface area (Å²) in [6, 6.07) is 4.73. The number of phenols is 1. The van der Waals surface area contributed by atoms with E-state index in [1.54, 1.807) is 12.1 Å². The second kappa shape index (κ2) is 8.75. The van der Waals surface area contributed by atoms with E-state index in [1.807, 2.05) is 12.3 Å². The highest BCUT2D eigenvalue weighted by Crippen LogP contribution is 2.34. The van der Waals surface area contributed by atoms with Crippen molar-refractivity contribution in [2.75, 3.05) is 0 Å². The summed E-state index contributed by atoms with van der Waals surface area (Å²) in [5.74, 6) is -1.20. The highest BCUT2D eigenvalue weighted by atomic mass is 35.5. The molecule has 3 rings (SSSR count). The van der Waals surface area contributed by atoms with E-state index in [0.29, 0.717) is 29.1 Å². The Morgan fingerprint density at radius 3 is 2.79 bits per heavy atom. The van der Waals surface area contributed by atoms with E-state index in [1.165, 1.54) is 17.4 Å². The molecular weight excluding hydrogens is 400 g/mol. The van der Waals surface area contributed by atoms with E-state index in [4.69, 9.17) is 11.6 Å². The molecule has 0 saturated carbocycles. The molecule has 1 amide bonds. The average molecular weight is 421 g/mol. The van der Waals surface area contributed by atoms with Crippen molar-refractivity contribution in [3.05, 3.63) is 45.6 Å². The maximum absolute atomic E-state index is 12.4. The SMILES string of the molecule is CC(CC(=O)NC1=C(C(=O)O)CCCC1)c1csc(-c2ccc(O)cc2Cl)n1. The fraction of sp³-hybridized carbons (Fsp3) is 0.350. The van der Waals surface area contributed by atoms with Gasteiger partial charge in [-0.3, -0.25) is 4.79 Å². The molecule has 1 aliphatic rings. The van der Waals surface area contributed by atoms with Gasteiger partial charge in [0.2, 0.25) is 5.91 Å². The first kappa shape index (κ1) is 20.4. The average Bonchev–Trinajstić information content (AvgIpc) is 3.11. The van der Waals surface area contributed by atoms with Gasteiger partial charge in [-0.05, 0) is 43.9 Å². The lowest BCUT2D eigenvalue weighted by Crippen LogP contribution is -2.28. The van der Waals surface area contributed by atoms with E-state index in [0.717, 1.165) is 29.1 Å². The molecule has 0 saturated heterocycles. The van der Waals surface area contributed by atoms with Crippen molar-refractivity contribution in [2.24, 2.45) is 0 Å². The molecule has 0 fully saturated rings. The van der Waals surface area contributed by atoms with Crippen LogP contribution in [0, 0.1) is 0 Å². The zero-order valence-corrected chi connectivity index (χ0v) is 16.9. The number of carboxylic acid groups (broad SMARTS) is 1. The van der Waals surface area contributed by atoms with Crippen LogP contribution in [0.1, 0.15) is 50.6 Å². The number of aliphatic carboxylic acids is 1. The number of hydrogen-bond acceptors (Lipinski definition) is 5. The van der Waals surface area contributed by atoms with Crippen molar-refractivity contribution in [3.8, 4) is 16.3 Å². The summed E-state index contributed by atoms with van der Waals surface area (Å²) in [5.41, 5.74) is 2.34. The summed E-state index contributed by atoms with van der Waals surface area (Å²) in [5, 5.41) is 24.6. The predicted octanol–water partition coefficient (Wildman–Crippen LogP) is 4.69. The summed E-state index contributed by atoms with van der Waals surface area (Å²) in [6.07, 6.45) is 3.00. The van der Waals surface area contributed by atoms with Gasteiger partial charge >= 0.3 is 5.97 Å². The van der Waals surface area contributed by atoms with Gasteiger partial charge in [-0.1, -0.05) is 18.5 Å². The molecule has 148 valence electrons. The lowest BCUT2D eigenvalue weighted by atomic mass is 9.96. The smallest absolute Gasteiger partial charge is 0.333 e. The van der Waals surface area contributed by atoms with Gasteiger partial charge in [-0.15, -0.1) is 11.3 Å². The number of phenolic OH excluding ortho intramolecular Hbond substituents is 1. The number of aromatic nitrogens is 1. The van der Waals surface area contributed by atoms with Crippen molar-refractivity contribution in [2.45, 2.75) is 44.9 Å². The largest absolute Gasteiger partial charge is 0.508 e. The highest BCUT2D eigenvalue weighted by Gasteiger charge is 2.22. The number of benzene rings is 1. The van der Waals surface area contributed by atoms with Gasteiger partial charge in [0.1, 0.15) is 10.8 Å². The van der Waals surface area contributed by atoms with Gasteiger partial charge in [0, 0.05) is 29.0 Å². The van der Waals surface area contributed by atoms with E-state index in [2.05, 4.69) is 10.3 Å². The predicted molar refractivity (Wildman–Crippen MR) is 109 cm³/mol. The Hall–Kier alpha value is -2.38. The molecule has 1 atom stereocenters. The third-order valence-corrected chi connectivity index (χ3v) is 5.92. The standard InChI is InChI=1S/C20H21ClN2O4S/c1-11(8-18(25)22-16-5-3-2-4-14(16)20(26)27)17-10-28-19(23-17)13-7-6-12(24)9-15(13)21/h6-7,9-11,24H,2-5,8H2,1H3,(H,22,25)(H,26,27). The maximum Gasteiger partial charge on any atom is 0.333 e. The Balaban J connectivity index is 1.68. The van der Waals surface area contributed by atoms with Crippen LogP contribution < -0.4 is 5.32 Å². The Morgan fingerprint density at radius 2 is 2.07 bits per heavy atom. The molecule has 1 aliphatic carbocycles. The Kier molecular flexibility index (Phi) is 6.36. The molecule has 1 aromatic carbocycles. The number of thiazole rings is 1. The van der Waals surface area contributed by atoms with Crippen LogP contribution in [0.3, 0.4) is 0 Å². The number of amides is 1. The van der Waals surface area contributed by atoms with Crippen LogP contribution in [0.4, 0.5) is 0 Å². The molecule has 6 nitrogen and oxygen atoms in total. The third-order valence-electron chi connectivity index (χ3n) is 4.72. The summed E-state index contributed by atoms with van der Waals surface area (Å²) < 4.78 is 0. The third kappa shape index (κ3) is 4.72. The Labute approximate surface area is 171 Å². The van der Waals surface area contributed by atoms with Crippen LogP contribution in [0.15, 0.2) is 34.8 Å². The Bertz CT molecular complexity index is 938. The molecule has 1 heterocycles. The normalized spacial score (nSPS) is 15.4. The first-order valence-corrected chi connectivity index (χ1v) is 10.3. The summed E-state index contributed by atoms with van der Waals surface area (Å²) in [7, 11) is 0. The number of aromatic hydroxyl groups is 1. The minimum atomic E-state index is -0.960. The number of nitrogens with zero attached hydrogens (tertiary/aromatic N) is 1. The molecule has 1 unspecified atom stereocenters. The molecule has 0 bridgehead atoms. The number of halogens is 1. The molecule has 0 spiro atoms. The quantitative estimate of drug-likeness (QED) is 0.629.